The van der Waals surface area contributed by atoms with Crippen LogP contribution in [0.15, 0.2) is 30.3 Å². The number of nitrogens with one attached hydrogen (secondary N) is 1. The third kappa shape index (κ3) is 4.19. The van der Waals surface area contributed by atoms with Gasteiger partial charge in [0.25, 0.3) is 5.91 Å². The maximum absolute atomic E-state index is 12.8. The molecule has 6 heteroatoms. The first-order chi connectivity index (χ1) is 12.3. The van der Waals surface area contributed by atoms with Gasteiger partial charge in [0, 0.05) is 24.8 Å². The lowest BCUT2D eigenvalue weighted by atomic mass is 9.86. The fraction of sp³-hybridized carbons (Fsp3) is 0.450. The van der Waals surface area contributed by atoms with E-state index >= 15 is 0 Å². The SMILES string of the molecule is Cc1nc(C(=O)Nc2ccccc2C(C)(C)C)cc(N2CCOCC2)n1. The largest absolute Gasteiger partial charge is 0.378 e. The summed E-state index contributed by atoms with van der Waals surface area (Å²) in [7, 11) is 0. The van der Waals surface area contributed by atoms with Gasteiger partial charge in [0.15, 0.2) is 0 Å². The van der Waals surface area contributed by atoms with Crippen LogP contribution < -0.4 is 10.2 Å². The monoisotopic (exact) mass is 354 g/mol. The van der Waals surface area contributed by atoms with Gasteiger partial charge in [-0.2, -0.15) is 0 Å². The van der Waals surface area contributed by atoms with E-state index in [4.69, 9.17) is 4.74 Å². The smallest absolute Gasteiger partial charge is 0.274 e. The molecule has 1 aliphatic heterocycles. The highest BCUT2D eigenvalue weighted by molar-refractivity contribution is 6.03. The first-order valence-electron chi connectivity index (χ1n) is 8.94. The number of hydrogen-bond acceptors (Lipinski definition) is 5. The summed E-state index contributed by atoms with van der Waals surface area (Å²) in [6.07, 6.45) is 0. The van der Waals surface area contributed by atoms with E-state index in [1.807, 2.05) is 31.2 Å². The number of rotatable bonds is 3. The predicted molar refractivity (Wildman–Crippen MR) is 103 cm³/mol. The van der Waals surface area contributed by atoms with Crippen molar-refractivity contribution in [2.45, 2.75) is 33.1 Å². The van der Waals surface area contributed by atoms with Crippen LogP contribution in [-0.2, 0) is 10.2 Å². The molecule has 1 aromatic carbocycles. The maximum atomic E-state index is 12.8. The summed E-state index contributed by atoms with van der Waals surface area (Å²) in [5.41, 5.74) is 2.22. The number of anilines is 2. The van der Waals surface area contributed by atoms with Crippen LogP contribution in [0.5, 0.6) is 0 Å². The third-order valence-electron chi connectivity index (χ3n) is 4.38. The van der Waals surface area contributed by atoms with Gasteiger partial charge in [0.1, 0.15) is 17.3 Å². The van der Waals surface area contributed by atoms with Crippen molar-refractivity contribution in [3.63, 3.8) is 0 Å². The summed E-state index contributed by atoms with van der Waals surface area (Å²) in [6.45, 7) is 11.1. The Morgan fingerprint density at radius 3 is 2.54 bits per heavy atom. The Bertz CT molecular complexity index is 793. The highest BCUT2D eigenvalue weighted by atomic mass is 16.5. The number of hydrogen-bond donors (Lipinski definition) is 1. The van der Waals surface area contributed by atoms with Crippen LogP contribution in [-0.4, -0.2) is 42.2 Å². The van der Waals surface area contributed by atoms with Crippen molar-refractivity contribution in [2.24, 2.45) is 0 Å². The number of nitrogens with zero attached hydrogens (tertiary/aromatic N) is 3. The lowest BCUT2D eigenvalue weighted by Crippen LogP contribution is -2.37. The van der Waals surface area contributed by atoms with Crippen LogP contribution in [0.25, 0.3) is 0 Å². The Labute approximate surface area is 154 Å². The molecule has 1 amide bonds. The van der Waals surface area contributed by atoms with Gasteiger partial charge in [-0.05, 0) is 24.0 Å². The molecule has 0 bridgehead atoms. The lowest BCUT2D eigenvalue weighted by molar-refractivity contribution is 0.102. The van der Waals surface area contributed by atoms with Crippen molar-refractivity contribution in [2.75, 3.05) is 36.5 Å². The topological polar surface area (TPSA) is 67.4 Å². The van der Waals surface area contributed by atoms with E-state index in [9.17, 15) is 4.79 Å². The zero-order valence-corrected chi connectivity index (χ0v) is 15.9. The number of morpholine rings is 1. The Hall–Kier alpha value is -2.47. The molecule has 1 saturated heterocycles. The Balaban J connectivity index is 1.86. The van der Waals surface area contributed by atoms with E-state index in [0.29, 0.717) is 24.7 Å². The molecule has 138 valence electrons. The maximum Gasteiger partial charge on any atom is 0.274 e. The molecule has 0 spiro atoms. The second kappa shape index (κ2) is 7.41. The molecule has 0 aliphatic carbocycles. The Kier molecular flexibility index (Phi) is 5.23. The summed E-state index contributed by atoms with van der Waals surface area (Å²) < 4.78 is 5.39. The molecule has 1 aromatic heterocycles. The molecule has 0 atom stereocenters. The molecule has 2 aromatic rings. The van der Waals surface area contributed by atoms with E-state index in [-0.39, 0.29) is 11.3 Å². The number of amides is 1. The van der Waals surface area contributed by atoms with Gasteiger partial charge in [-0.3, -0.25) is 4.79 Å². The molecular formula is C20H26N4O2. The average molecular weight is 354 g/mol. The van der Waals surface area contributed by atoms with Crippen LogP contribution >= 0.6 is 0 Å². The Morgan fingerprint density at radius 1 is 1.15 bits per heavy atom. The van der Waals surface area contributed by atoms with Crippen molar-refractivity contribution in [1.82, 2.24) is 9.97 Å². The van der Waals surface area contributed by atoms with Crippen LogP contribution in [0.1, 0.15) is 42.6 Å². The van der Waals surface area contributed by atoms with Gasteiger partial charge >= 0.3 is 0 Å². The molecule has 0 unspecified atom stereocenters. The van der Waals surface area contributed by atoms with E-state index < -0.39 is 0 Å². The predicted octanol–water partition coefficient (Wildman–Crippen LogP) is 3.17. The number of carbonyl (C=O) groups is 1. The first kappa shape index (κ1) is 18.3. The number of benzene rings is 1. The number of carbonyl (C=O) groups excluding carboxylic acids is 1. The van der Waals surface area contributed by atoms with Crippen molar-refractivity contribution in [3.8, 4) is 0 Å². The minimum absolute atomic E-state index is 0.0651. The zero-order valence-electron chi connectivity index (χ0n) is 15.9. The summed E-state index contributed by atoms with van der Waals surface area (Å²) in [4.78, 5) is 23.8. The Morgan fingerprint density at radius 2 is 1.85 bits per heavy atom. The van der Waals surface area contributed by atoms with Crippen LogP contribution in [0.3, 0.4) is 0 Å². The lowest BCUT2D eigenvalue weighted by Gasteiger charge is -2.28. The molecular weight excluding hydrogens is 328 g/mol. The second-order valence-corrected chi connectivity index (χ2v) is 7.51. The molecule has 2 heterocycles. The fourth-order valence-electron chi connectivity index (χ4n) is 3.06. The number of aromatic nitrogens is 2. The summed E-state index contributed by atoms with van der Waals surface area (Å²) in [5, 5.41) is 3.02. The van der Waals surface area contributed by atoms with Gasteiger partial charge in [-0.1, -0.05) is 39.0 Å². The molecule has 1 aliphatic rings. The quantitative estimate of drug-likeness (QED) is 0.917. The number of ether oxygens (including phenoxy) is 1. The highest BCUT2D eigenvalue weighted by Crippen LogP contribution is 2.29. The first-order valence-corrected chi connectivity index (χ1v) is 8.94. The summed E-state index contributed by atoms with van der Waals surface area (Å²) >= 11 is 0. The standard InChI is InChI=1S/C20H26N4O2/c1-14-21-17(13-18(22-14)24-9-11-26-12-10-24)19(25)23-16-8-6-5-7-15(16)20(2,3)4/h5-8,13H,9-12H2,1-4H3,(H,23,25). The minimum Gasteiger partial charge on any atom is -0.378 e. The van der Waals surface area contributed by atoms with Crippen molar-refractivity contribution >= 4 is 17.4 Å². The third-order valence-corrected chi connectivity index (χ3v) is 4.38. The molecule has 0 saturated carbocycles. The molecule has 26 heavy (non-hydrogen) atoms. The van der Waals surface area contributed by atoms with Gasteiger partial charge in [0.05, 0.1) is 13.2 Å². The number of aryl methyl sites for hydroxylation is 1. The van der Waals surface area contributed by atoms with Crippen molar-refractivity contribution in [1.29, 1.82) is 0 Å². The molecule has 0 radical (unpaired) electrons. The molecule has 1 N–H and O–H groups in total. The zero-order chi connectivity index (χ0) is 18.7. The van der Waals surface area contributed by atoms with E-state index in [1.165, 1.54) is 0 Å². The van der Waals surface area contributed by atoms with Crippen LogP contribution in [0, 0.1) is 6.92 Å². The van der Waals surface area contributed by atoms with E-state index in [0.717, 1.165) is 30.2 Å². The fourth-order valence-corrected chi connectivity index (χ4v) is 3.06. The van der Waals surface area contributed by atoms with E-state index in [1.54, 1.807) is 6.07 Å². The highest BCUT2D eigenvalue weighted by Gasteiger charge is 2.21. The molecule has 6 nitrogen and oxygen atoms in total. The van der Waals surface area contributed by atoms with Gasteiger partial charge in [-0.15, -0.1) is 0 Å². The summed E-state index contributed by atoms with van der Waals surface area (Å²) in [6, 6.07) is 9.64. The van der Waals surface area contributed by atoms with Crippen LogP contribution in [0.2, 0.25) is 0 Å². The van der Waals surface area contributed by atoms with Gasteiger partial charge in [0.2, 0.25) is 0 Å². The van der Waals surface area contributed by atoms with Crippen molar-refractivity contribution in [3.05, 3.63) is 47.4 Å². The molecule has 3 rings (SSSR count). The summed E-state index contributed by atoms with van der Waals surface area (Å²) in [5.74, 6) is 1.14. The van der Waals surface area contributed by atoms with E-state index in [2.05, 4.69) is 41.0 Å². The molecule has 1 fully saturated rings. The second-order valence-electron chi connectivity index (χ2n) is 7.51. The van der Waals surface area contributed by atoms with Crippen LogP contribution in [0.4, 0.5) is 11.5 Å². The van der Waals surface area contributed by atoms with Crippen molar-refractivity contribution < 1.29 is 9.53 Å². The van der Waals surface area contributed by atoms with Gasteiger partial charge < -0.3 is 15.0 Å². The van der Waals surface area contributed by atoms with Gasteiger partial charge in [-0.25, -0.2) is 9.97 Å². The number of para-hydroxylation sites is 1. The minimum atomic E-state index is -0.221. The average Bonchev–Trinajstić information content (AvgIpc) is 2.61. The normalized spacial score (nSPS) is 15.0.